The molecular formula is C15H17N5O. The van der Waals surface area contributed by atoms with Gasteiger partial charge in [0.15, 0.2) is 0 Å². The van der Waals surface area contributed by atoms with Crippen LogP contribution in [0.15, 0.2) is 37.2 Å². The monoisotopic (exact) mass is 283 g/mol. The number of benzene rings is 1. The van der Waals surface area contributed by atoms with Gasteiger partial charge < -0.3 is 16.0 Å². The first kappa shape index (κ1) is 13.5. The van der Waals surface area contributed by atoms with E-state index in [2.05, 4.69) is 26.8 Å². The van der Waals surface area contributed by atoms with Gasteiger partial charge in [0.25, 0.3) is 0 Å². The number of amides is 1. The predicted molar refractivity (Wildman–Crippen MR) is 83.2 cm³/mol. The number of anilines is 2. The third-order valence-electron chi connectivity index (χ3n) is 3.59. The van der Waals surface area contributed by atoms with Crippen molar-refractivity contribution in [3.8, 4) is 0 Å². The fourth-order valence-electron chi connectivity index (χ4n) is 2.55. The van der Waals surface area contributed by atoms with Gasteiger partial charge in [-0.1, -0.05) is 6.58 Å². The van der Waals surface area contributed by atoms with Crippen LogP contribution in [0.25, 0.3) is 10.9 Å². The fourth-order valence-corrected chi connectivity index (χ4v) is 2.55. The quantitative estimate of drug-likeness (QED) is 0.829. The van der Waals surface area contributed by atoms with Gasteiger partial charge in [-0.15, -0.1) is 0 Å². The minimum Gasteiger partial charge on any atom is -0.354 e. The van der Waals surface area contributed by atoms with Gasteiger partial charge in [-0.25, -0.2) is 9.97 Å². The van der Waals surface area contributed by atoms with Gasteiger partial charge in [0.2, 0.25) is 5.91 Å². The average Bonchev–Trinajstić information content (AvgIpc) is 2.92. The first-order chi connectivity index (χ1) is 10.2. The molecule has 2 heterocycles. The van der Waals surface area contributed by atoms with Crippen molar-refractivity contribution in [2.24, 2.45) is 5.73 Å². The zero-order valence-electron chi connectivity index (χ0n) is 11.6. The lowest BCUT2D eigenvalue weighted by molar-refractivity contribution is -0.111. The molecule has 0 saturated carbocycles. The molecule has 1 aromatic heterocycles. The molecule has 1 atom stereocenters. The standard InChI is InChI=1S/C15H17N5O/c1-2-14(21)19-11-3-4-12-13(7-11)17-9-18-15(12)20-6-5-10(16)8-20/h2-4,7,9-10H,1,5-6,8,16H2,(H,19,21)/t10-/m1/s1. The van der Waals surface area contributed by atoms with Crippen molar-refractivity contribution in [3.05, 3.63) is 37.2 Å². The molecule has 3 N–H and O–H groups in total. The van der Waals surface area contributed by atoms with E-state index in [1.807, 2.05) is 18.2 Å². The molecule has 1 amide bonds. The Balaban J connectivity index is 1.96. The molecule has 1 fully saturated rings. The van der Waals surface area contributed by atoms with Crippen LogP contribution in [0.1, 0.15) is 6.42 Å². The van der Waals surface area contributed by atoms with Gasteiger partial charge in [-0.05, 0) is 30.7 Å². The van der Waals surface area contributed by atoms with Crippen LogP contribution < -0.4 is 16.0 Å². The van der Waals surface area contributed by atoms with Crippen LogP contribution in [0.5, 0.6) is 0 Å². The van der Waals surface area contributed by atoms with Gasteiger partial charge in [0, 0.05) is 30.2 Å². The number of carbonyl (C=O) groups excluding carboxylic acids is 1. The van der Waals surface area contributed by atoms with Crippen molar-refractivity contribution in [3.63, 3.8) is 0 Å². The number of nitrogens with one attached hydrogen (secondary N) is 1. The smallest absolute Gasteiger partial charge is 0.247 e. The molecule has 1 saturated heterocycles. The highest BCUT2D eigenvalue weighted by Gasteiger charge is 2.22. The van der Waals surface area contributed by atoms with Gasteiger partial charge in [0.05, 0.1) is 5.52 Å². The van der Waals surface area contributed by atoms with E-state index in [0.717, 1.165) is 36.2 Å². The SMILES string of the molecule is C=CC(=O)Nc1ccc2c(N3CC[C@@H](N)C3)ncnc2c1. The van der Waals surface area contributed by atoms with Crippen LogP contribution >= 0.6 is 0 Å². The molecule has 0 radical (unpaired) electrons. The van der Waals surface area contributed by atoms with E-state index >= 15 is 0 Å². The lowest BCUT2D eigenvalue weighted by Crippen LogP contribution is -2.27. The summed E-state index contributed by atoms with van der Waals surface area (Å²) in [6.45, 7) is 5.15. The summed E-state index contributed by atoms with van der Waals surface area (Å²) < 4.78 is 0. The fraction of sp³-hybridized carbons (Fsp3) is 0.267. The third kappa shape index (κ3) is 2.71. The minimum absolute atomic E-state index is 0.196. The Bertz CT molecular complexity index is 700. The summed E-state index contributed by atoms with van der Waals surface area (Å²) >= 11 is 0. The third-order valence-corrected chi connectivity index (χ3v) is 3.59. The Hall–Kier alpha value is -2.47. The van der Waals surface area contributed by atoms with Crippen molar-refractivity contribution in [2.45, 2.75) is 12.5 Å². The number of aromatic nitrogens is 2. The molecule has 0 spiro atoms. The number of hydrogen-bond donors (Lipinski definition) is 2. The Morgan fingerprint density at radius 1 is 1.48 bits per heavy atom. The molecule has 1 aromatic carbocycles. The first-order valence-electron chi connectivity index (χ1n) is 6.86. The van der Waals surface area contributed by atoms with Crippen molar-refractivity contribution in [1.29, 1.82) is 0 Å². The summed E-state index contributed by atoms with van der Waals surface area (Å²) in [6.07, 6.45) is 3.75. The second-order valence-electron chi connectivity index (χ2n) is 5.12. The molecule has 3 rings (SSSR count). The number of fused-ring (bicyclic) bond motifs is 1. The molecule has 2 aromatic rings. The summed E-state index contributed by atoms with van der Waals surface area (Å²) in [5.41, 5.74) is 7.44. The van der Waals surface area contributed by atoms with E-state index in [4.69, 9.17) is 5.73 Å². The summed E-state index contributed by atoms with van der Waals surface area (Å²) in [5, 5.41) is 3.69. The molecule has 1 aliphatic heterocycles. The van der Waals surface area contributed by atoms with Crippen LogP contribution in [0.2, 0.25) is 0 Å². The topological polar surface area (TPSA) is 84.1 Å². The highest BCUT2D eigenvalue weighted by atomic mass is 16.1. The lowest BCUT2D eigenvalue weighted by atomic mass is 10.2. The number of nitrogens with two attached hydrogens (primary N) is 1. The van der Waals surface area contributed by atoms with E-state index in [-0.39, 0.29) is 11.9 Å². The molecule has 6 nitrogen and oxygen atoms in total. The largest absolute Gasteiger partial charge is 0.354 e. The second-order valence-corrected chi connectivity index (χ2v) is 5.12. The van der Waals surface area contributed by atoms with E-state index in [1.54, 1.807) is 6.33 Å². The average molecular weight is 283 g/mol. The summed E-state index contributed by atoms with van der Waals surface area (Å²) in [4.78, 5) is 22.2. The van der Waals surface area contributed by atoms with E-state index in [1.165, 1.54) is 6.08 Å². The maximum atomic E-state index is 11.3. The molecule has 21 heavy (non-hydrogen) atoms. The van der Waals surface area contributed by atoms with Crippen molar-refractivity contribution in [2.75, 3.05) is 23.3 Å². The zero-order chi connectivity index (χ0) is 14.8. The highest BCUT2D eigenvalue weighted by Crippen LogP contribution is 2.27. The molecule has 0 bridgehead atoms. The number of rotatable bonds is 3. The summed E-state index contributed by atoms with van der Waals surface area (Å²) in [5.74, 6) is 0.656. The van der Waals surface area contributed by atoms with Crippen LogP contribution in [-0.4, -0.2) is 35.0 Å². The minimum atomic E-state index is -0.242. The summed E-state index contributed by atoms with van der Waals surface area (Å²) in [6, 6.07) is 5.79. The Kier molecular flexibility index (Phi) is 3.53. The summed E-state index contributed by atoms with van der Waals surface area (Å²) in [7, 11) is 0. The molecule has 0 aliphatic carbocycles. The zero-order valence-corrected chi connectivity index (χ0v) is 11.6. The number of nitrogens with zero attached hydrogens (tertiary/aromatic N) is 3. The molecule has 1 aliphatic rings. The molecule has 6 heteroatoms. The highest BCUT2D eigenvalue weighted by molar-refractivity contribution is 6.01. The number of hydrogen-bond acceptors (Lipinski definition) is 5. The van der Waals surface area contributed by atoms with Gasteiger partial charge in [-0.3, -0.25) is 4.79 Å². The predicted octanol–water partition coefficient (Wildman–Crippen LogP) is 1.29. The molecular weight excluding hydrogens is 266 g/mol. The van der Waals surface area contributed by atoms with Crippen molar-refractivity contribution in [1.82, 2.24) is 9.97 Å². The second kappa shape index (κ2) is 5.49. The van der Waals surface area contributed by atoms with Gasteiger partial charge in [0.1, 0.15) is 12.1 Å². The maximum Gasteiger partial charge on any atom is 0.247 e. The van der Waals surface area contributed by atoms with Crippen LogP contribution in [0.3, 0.4) is 0 Å². The van der Waals surface area contributed by atoms with Gasteiger partial charge in [-0.2, -0.15) is 0 Å². The van der Waals surface area contributed by atoms with E-state index in [0.29, 0.717) is 5.69 Å². The Labute approximate surface area is 122 Å². The van der Waals surface area contributed by atoms with Crippen molar-refractivity contribution >= 4 is 28.3 Å². The van der Waals surface area contributed by atoms with Gasteiger partial charge >= 0.3 is 0 Å². The maximum absolute atomic E-state index is 11.3. The van der Waals surface area contributed by atoms with Crippen LogP contribution in [0, 0.1) is 0 Å². The lowest BCUT2D eigenvalue weighted by Gasteiger charge is -2.18. The normalized spacial score (nSPS) is 18.0. The molecule has 0 unspecified atom stereocenters. The number of carbonyl (C=O) groups is 1. The molecule has 108 valence electrons. The first-order valence-corrected chi connectivity index (χ1v) is 6.86. The van der Waals surface area contributed by atoms with Crippen LogP contribution in [-0.2, 0) is 4.79 Å². The van der Waals surface area contributed by atoms with Crippen molar-refractivity contribution < 1.29 is 4.79 Å². The van der Waals surface area contributed by atoms with Crippen LogP contribution in [0.4, 0.5) is 11.5 Å². The van der Waals surface area contributed by atoms with E-state index < -0.39 is 0 Å². The Morgan fingerprint density at radius 3 is 3.05 bits per heavy atom. The van der Waals surface area contributed by atoms with E-state index in [9.17, 15) is 4.79 Å². The Morgan fingerprint density at radius 2 is 2.33 bits per heavy atom.